The second kappa shape index (κ2) is 10.8. The van der Waals surface area contributed by atoms with E-state index in [0.29, 0.717) is 27.0 Å². The first kappa shape index (κ1) is 24.0. The van der Waals surface area contributed by atoms with E-state index in [1.165, 1.54) is 18.4 Å². The number of ether oxygens (including phenoxy) is 1. The third-order valence-corrected chi connectivity index (χ3v) is 7.10. The Bertz CT molecular complexity index is 956. The van der Waals surface area contributed by atoms with E-state index in [2.05, 4.69) is 15.1 Å². The number of esters is 1. The Labute approximate surface area is 197 Å². The molecule has 1 aliphatic rings. The Hall–Kier alpha value is -1.64. The van der Waals surface area contributed by atoms with Crippen LogP contribution in [0.5, 0.6) is 0 Å². The highest BCUT2D eigenvalue weighted by Gasteiger charge is 2.24. The summed E-state index contributed by atoms with van der Waals surface area (Å²) in [7, 11) is 1.36. The van der Waals surface area contributed by atoms with E-state index >= 15 is 0 Å². The van der Waals surface area contributed by atoms with Crippen molar-refractivity contribution < 1.29 is 14.3 Å². The van der Waals surface area contributed by atoms with Gasteiger partial charge in [-0.2, -0.15) is 0 Å². The molecule has 9 heteroatoms. The molecule has 1 N–H and O–H groups in total. The van der Waals surface area contributed by atoms with Crippen molar-refractivity contribution in [2.45, 2.75) is 26.8 Å². The maximum absolute atomic E-state index is 12.7. The van der Waals surface area contributed by atoms with Gasteiger partial charge in [0.05, 0.1) is 19.2 Å². The number of carbonyl (C=O) groups is 2. The minimum absolute atomic E-state index is 0.122. The average molecular weight is 484 g/mol. The summed E-state index contributed by atoms with van der Waals surface area (Å²) in [4.78, 5) is 30.3. The van der Waals surface area contributed by atoms with Crippen LogP contribution < -0.4 is 5.32 Å². The lowest BCUT2D eigenvalue weighted by Gasteiger charge is -2.34. The highest BCUT2D eigenvalue weighted by molar-refractivity contribution is 7.16. The van der Waals surface area contributed by atoms with Gasteiger partial charge in [-0.1, -0.05) is 36.2 Å². The summed E-state index contributed by atoms with van der Waals surface area (Å²) < 4.78 is 4.92. The summed E-state index contributed by atoms with van der Waals surface area (Å²) in [6, 6.07) is 5.57. The van der Waals surface area contributed by atoms with Crippen LogP contribution >= 0.6 is 34.5 Å². The second-order valence-corrected chi connectivity index (χ2v) is 9.59. The molecule has 1 aliphatic heterocycles. The van der Waals surface area contributed by atoms with E-state index < -0.39 is 5.97 Å². The van der Waals surface area contributed by atoms with Gasteiger partial charge >= 0.3 is 5.97 Å². The molecule has 2 heterocycles. The van der Waals surface area contributed by atoms with Gasteiger partial charge < -0.3 is 10.1 Å². The number of carbonyl (C=O) groups excluding carboxylic acids is 2. The van der Waals surface area contributed by atoms with Crippen molar-refractivity contribution in [3.63, 3.8) is 0 Å². The average Bonchev–Trinajstić information content (AvgIpc) is 3.05. The van der Waals surface area contributed by atoms with Gasteiger partial charge in [-0.25, -0.2) is 4.79 Å². The first-order chi connectivity index (χ1) is 14.8. The molecule has 0 spiro atoms. The predicted octanol–water partition coefficient (Wildman–Crippen LogP) is 4.47. The maximum atomic E-state index is 12.7. The van der Waals surface area contributed by atoms with Crippen molar-refractivity contribution >= 4 is 51.4 Å². The fourth-order valence-corrected chi connectivity index (χ4v) is 5.39. The fraction of sp³-hybridized carbons (Fsp3) is 0.455. The van der Waals surface area contributed by atoms with Crippen LogP contribution in [-0.4, -0.2) is 61.5 Å². The Morgan fingerprint density at radius 1 is 1.16 bits per heavy atom. The molecule has 0 bridgehead atoms. The van der Waals surface area contributed by atoms with Gasteiger partial charge in [0.15, 0.2) is 0 Å². The lowest BCUT2D eigenvalue weighted by Crippen LogP contribution is -2.48. The molecule has 0 radical (unpaired) electrons. The van der Waals surface area contributed by atoms with E-state index in [4.69, 9.17) is 27.9 Å². The van der Waals surface area contributed by atoms with Gasteiger partial charge in [0, 0.05) is 47.6 Å². The van der Waals surface area contributed by atoms with Crippen molar-refractivity contribution in [1.29, 1.82) is 0 Å². The predicted molar refractivity (Wildman–Crippen MR) is 127 cm³/mol. The summed E-state index contributed by atoms with van der Waals surface area (Å²) in [6.45, 7) is 8.25. The molecule has 1 saturated heterocycles. The normalized spacial score (nSPS) is 15.1. The van der Waals surface area contributed by atoms with E-state index in [0.717, 1.165) is 48.7 Å². The molecule has 0 aliphatic carbocycles. The van der Waals surface area contributed by atoms with Crippen molar-refractivity contribution in [3.05, 3.63) is 49.8 Å². The zero-order valence-corrected chi connectivity index (χ0v) is 20.3. The molecule has 1 fully saturated rings. The van der Waals surface area contributed by atoms with E-state index in [1.54, 1.807) is 6.07 Å². The van der Waals surface area contributed by atoms with Gasteiger partial charge in [0.2, 0.25) is 5.91 Å². The van der Waals surface area contributed by atoms with Crippen molar-refractivity contribution in [2.24, 2.45) is 0 Å². The molecule has 168 valence electrons. The van der Waals surface area contributed by atoms with Crippen molar-refractivity contribution in [2.75, 3.05) is 45.2 Å². The Balaban J connectivity index is 1.54. The van der Waals surface area contributed by atoms with Crippen LogP contribution in [0.3, 0.4) is 0 Å². The minimum atomic E-state index is -0.411. The largest absolute Gasteiger partial charge is 0.465 e. The lowest BCUT2D eigenvalue weighted by atomic mass is 10.1. The molecular formula is C22H27Cl2N3O3S. The van der Waals surface area contributed by atoms with Crippen molar-refractivity contribution in [3.8, 4) is 0 Å². The number of amides is 1. The zero-order valence-electron chi connectivity index (χ0n) is 18.0. The SMILES string of the molecule is CCc1c(C)sc(NC(=O)CN2CCN(Cc3ccc(Cl)cc3Cl)CC2)c1C(=O)OC. The molecule has 31 heavy (non-hydrogen) atoms. The first-order valence-electron chi connectivity index (χ1n) is 10.2. The number of nitrogens with one attached hydrogen (secondary N) is 1. The van der Waals surface area contributed by atoms with Gasteiger partial charge in [0.1, 0.15) is 5.00 Å². The Morgan fingerprint density at radius 3 is 2.45 bits per heavy atom. The summed E-state index contributed by atoms with van der Waals surface area (Å²) in [5.74, 6) is -0.533. The topological polar surface area (TPSA) is 61.9 Å². The standard InChI is InChI=1S/C22H27Cl2N3O3S/c1-4-17-14(2)31-21(20(17)22(29)30-3)25-19(28)13-27-9-7-26(8-10-27)12-15-5-6-16(23)11-18(15)24/h5-6,11H,4,7-10,12-13H2,1-3H3,(H,25,28). The van der Waals surface area contributed by atoms with Crippen LogP contribution in [0.15, 0.2) is 18.2 Å². The van der Waals surface area contributed by atoms with Gasteiger partial charge in [-0.3, -0.25) is 14.6 Å². The maximum Gasteiger partial charge on any atom is 0.341 e. The molecule has 1 aromatic heterocycles. The summed E-state index contributed by atoms with van der Waals surface area (Å²) >= 11 is 13.7. The quantitative estimate of drug-likeness (QED) is 0.588. The van der Waals surface area contributed by atoms with E-state index in [9.17, 15) is 9.59 Å². The van der Waals surface area contributed by atoms with Gasteiger partial charge in [0.25, 0.3) is 0 Å². The van der Waals surface area contributed by atoms with Crippen LogP contribution in [0.2, 0.25) is 10.0 Å². The number of benzene rings is 1. The molecule has 1 amide bonds. The number of halogens is 2. The molecule has 0 unspecified atom stereocenters. The summed E-state index contributed by atoms with van der Waals surface area (Å²) in [5.41, 5.74) is 2.46. The van der Waals surface area contributed by atoms with Gasteiger partial charge in [-0.05, 0) is 36.6 Å². The Kier molecular flexibility index (Phi) is 8.36. The van der Waals surface area contributed by atoms with Crippen LogP contribution in [0, 0.1) is 6.92 Å². The molecular weight excluding hydrogens is 457 g/mol. The van der Waals surface area contributed by atoms with Crippen LogP contribution in [-0.2, 0) is 22.5 Å². The fourth-order valence-electron chi connectivity index (χ4n) is 3.78. The lowest BCUT2D eigenvalue weighted by molar-refractivity contribution is -0.117. The Morgan fingerprint density at radius 2 is 1.84 bits per heavy atom. The molecule has 3 rings (SSSR count). The number of hydrogen-bond donors (Lipinski definition) is 1. The highest BCUT2D eigenvalue weighted by Crippen LogP contribution is 2.34. The zero-order chi connectivity index (χ0) is 22.5. The van der Waals surface area contributed by atoms with E-state index in [-0.39, 0.29) is 12.5 Å². The molecule has 2 aromatic rings. The van der Waals surface area contributed by atoms with Crippen LogP contribution in [0.1, 0.15) is 33.3 Å². The number of anilines is 1. The number of rotatable bonds is 7. The van der Waals surface area contributed by atoms with Crippen LogP contribution in [0.4, 0.5) is 5.00 Å². The number of thiophene rings is 1. The van der Waals surface area contributed by atoms with Gasteiger partial charge in [-0.15, -0.1) is 11.3 Å². The molecule has 6 nitrogen and oxygen atoms in total. The molecule has 0 atom stereocenters. The molecule has 1 aromatic carbocycles. The third-order valence-electron chi connectivity index (χ3n) is 5.45. The third kappa shape index (κ3) is 5.99. The number of nitrogens with zero attached hydrogens (tertiary/aromatic N) is 2. The number of aryl methyl sites for hydroxylation is 1. The first-order valence-corrected chi connectivity index (χ1v) is 11.8. The second-order valence-electron chi connectivity index (χ2n) is 7.52. The summed E-state index contributed by atoms with van der Waals surface area (Å²) in [5, 5.41) is 4.80. The van der Waals surface area contributed by atoms with Crippen molar-refractivity contribution in [1.82, 2.24) is 9.80 Å². The summed E-state index contributed by atoms with van der Waals surface area (Å²) in [6.07, 6.45) is 0.711. The van der Waals surface area contributed by atoms with Crippen LogP contribution in [0.25, 0.3) is 0 Å². The number of hydrogen-bond acceptors (Lipinski definition) is 6. The highest BCUT2D eigenvalue weighted by atomic mass is 35.5. The number of methoxy groups -OCH3 is 1. The minimum Gasteiger partial charge on any atom is -0.465 e. The smallest absolute Gasteiger partial charge is 0.341 e. The number of piperazine rings is 1. The molecule has 0 saturated carbocycles. The monoisotopic (exact) mass is 483 g/mol. The van der Waals surface area contributed by atoms with E-state index in [1.807, 2.05) is 26.0 Å².